The number of alkyl halides is 1. The molecule has 1 aromatic carbocycles. The highest BCUT2D eigenvalue weighted by Gasteiger charge is 2.41. The molecular formula is C13H17BrO3. The summed E-state index contributed by atoms with van der Waals surface area (Å²) in [6, 6.07) is 7.70. The van der Waals surface area contributed by atoms with Crippen LogP contribution in [-0.2, 0) is 4.74 Å². The van der Waals surface area contributed by atoms with Crippen LogP contribution in [-0.4, -0.2) is 30.8 Å². The van der Waals surface area contributed by atoms with Crippen LogP contribution in [0.5, 0.6) is 11.5 Å². The Kier molecular flexibility index (Phi) is 4.29. The van der Waals surface area contributed by atoms with Crippen molar-refractivity contribution in [2.75, 3.05) is 13.7 Å². The van der Waals surface area contributed by atoms with Gasteiger partial charge in [-0.05, 0) is 31.2 Å². The molecule has 3 unspecified atom stereocenters. The van der Waals surface area contributed by atoms with Crippen molar-refractivity contribution in [2.24, 2.45) is 0 Å². The number of ether oxygens (including phenoxy) is 3. The van der Waals surface area contributed by atoms with Crippen LogP contribution in [0.25, 0.3) is 0 Å². The lowest BCUT2D eigenvalue weighted by Crippen LogP contribution is -2.51. The molecule has 1 saturated carbocycles. The van der Waals surface area contributed by atoms with Crippen LogP contribution in [0, 0.1) is 0 Å². The first kappa shape index (κ1) is 12.7. The Balaban J connectivity index is 1.91. The third-order valence-electron chi connectivity index (χ3n) is 2.87. The van der Waals surface area contributed by atoms with E-state index in [1.54, 1.807) is 7.11 Å². The molecule has 0 aliphatic heterocycles. The molecule has 1 aliphatic carbocycles. The number of methoxy groups -OCH3 is 1. The maximum absolute atomic E-state index is 5.85. The second-order valence-corrected chi connectivity index (χ2v) is 5.19. The van der Waals surface area contributed by atoms with E-state index in [1.807, 2.05) is 31.2 Å². The Morgan fingerprint density at radius 3 is 2.41 bits per heavy atom. The van der Waals surface area contributed by atoms with E-state index in [0.29, 0.717) is 11.4 Å². The molecule has 0 heterocycles. The van der Waals surface area contributed by atoms with Gasteiger partial charge >= 0.3 is 0 Å². The van der Waals surface area contributed by atoms with Crippen molar-refractivity contribution in [3.05, 3.63) is 24.3 Å². The summed E-state index contributed by atoms with van der Waals surface area (Å²) >= 11 is 3.55. The van der Waals surface area contributed by atoms with Gasteiger partial charge < -0.3 is 14.2 Å². The van der Waals surface area contributed by atoms with Crippen LogP contribution < -0.4 is 9.47 Å². The summed E-state index contributed by atoms with van der Waals surface area (Å²) < 4.78 is 16.6. The molecule has 0 saturated heterocycles. The zero-order valence-electron chi connectivity index (χ0n) is 10.1. The van der Waals surface area contributed by atoms with E-state index in [9.17, 15) is 0 Å². The van der Waals surface area contributed by atoms with Gasteiger partial charge in [0.25, 0.3) is 0 Å². The highest BCUT2D eigenvalue weighted by atomic mass is 79.9. The second kappa shape index (κ2) is 5.74. The topological polar surface area (TPSA) is 27.7 Å². The number of hydrogen-bond donors (Lipinski definition) is 0. The van der Waals surface area contributed by atoms with E-state index in [2.05, 4.69) is 15.9 Å². The molecule has 2 rings (SSSR count). The van der Waals surface area contributed by atoms with Gasteiger partial charge in [0.15, 0.2) is 0 Å². The molecular weight excluding hydrogens is 284 g/mol. The van der Waals surface area contributed by atoms with Gasteiger partial charge in [0, 0.05) is 18.4 Å². The van der Waals surface area contributed by atoms with Gasteiger partial charge in [-0.25, -0.2) is 0 Å². The van der Waals surface area contributed by atoms with E-state index in [1.165, 1.54) is 0 Å². The minimum atomic E-state index is 0.140. The maximum Gasteiger partial charge on any atom is 0.127 e. The van der Waals surface area contributed by atoms with Crippen molar-refractivity contribution < 1.29 is 14.2 Å². The number of hydrogen-bond acceptors (Lipinski definition) is 3. The van der Waals surface area contributed by atoms with Crippen molar-refractivity contribution in [2.45, 2.75) is 30.4 Å². The van der Waals surface area contributed by atoms with Gasteiger partial charge in [-0.15, -0.1) is 0 Å². The van der Waals surface area contributed by atoms with Crippen molar-refractivity contribution in [1.29, 1.82) is 0 Å². The average molecular weight is 301 g/mol. The first-order valence-electron chi connectivity index (χ1n) is 5.81. The van der Waals surface area contributed by atoms with Gasteiger partial charge in [0.2, 0.25) is 0 Å². The Morgan fingerprint density at radius 1 is 1.24 bits per heavy atom. The molecule has 3 nitrogen and oxygen atoms in total. The van der Waals surface area contributed by atoms with Crippen molar-refractivity contribution >= 4 is 15.9 Å². The molecule has 1 fully saturated rings. The zero-order valence-corrected chi connectivity index (χ0v) is 11.6. The Bertz CT molecular complexity index is 352. The standard InChI is InChI=1S/C13H17BrO3/c1-3-16-9-4-6-10(7-5-9)17-12-8-11(14)13(12)15-2/h4-7,11-13H,3,8H2,1-2H3. The smallest absolute Gasteiger partial charge is 0.127 e. The van der Waals surface area contributed by atoms with Gasteiger partial charge in [0.05, 0.1) is 6.61 Å². The van der Waals surface area contributed by atoms with Crippen molar-refractivity contribution in [1.82, 2.24) is 0 Å². The lowest BCUT2D eigenvalue weighted by atomic mass is 9.91. The largest absolute Gasteiger partial charge is 0.494 e. The molecule has 0 bridgehead atoms. The summed E-state index contributed by atoms with van der Waals surface area (Å²) in [6.07, 6.45) is 1.26. The van der Waals surface area contributed by atoms with E-state index >= 15 is 0 Å². The molecule has 0 spiro atoms. The van der Waals surface area contributed by atoms with E-state index in [-0.39, 0.29) is 12.2 Å². The molecule has 3 atom stereocenters. The van der Waals surface area contributed by atoms with Gasteiger partial charge in [-0.1, -0.05) is 15.9 Å². The molecule has 0 N–H and O–H groups in total. The molecule has 1 aromatic rings. The van der Waals surface area contributed by atoms with Crippen LogP contribution in [0.1, 0.15) is 13.3 Å². The van der Waals surface area contributed by atoms with Crippen LogP contribution in [0.2, 0.25) is 0 Å². The van der Waals surface area contributed by atoms with Crippen molar-refractivity contribution in [3.8, 4) is 11.5 Å². The fraction of sp³-hybridized carbons (Fsp3) is 0.538. The van der Waals surface area contributed by atoms with E-state index in [4.69, 9.17) is 14.2 Å². The van der Waals surface area contributed by atoms with E-state index in [0.717, 1.165) is 17.9 Å². The van der Waals surface area contributed by atoms with Crippen LogP contribution in [0.15, 0.2) is 24.3 Å². The average Bonchev–Trinajstić information content (AvgIpc) is 2.31. The first-order valence-corrected chi connectivity index (χ1v) is 6.72. The fourth-order valence-corrected chi connectivity index (χ4v) is 2.82. The third kappa shape index (κ3) is 2.93. The predicted octanol–water partition coefficient (Wildman–Crippen LogP) is 3.01. The highest BCUT2D eigenvalue weighted by Crippen LogP contribution is 2.34. The number of benzene rings is 1. The Labute approximate surface area is 110 Å². The first-order chi connectivity index (χ1) is 8.24. The maximum atomic E-state index is 5.85. The second-order valence-electron chi connectivity index (χ2n) is 4.01. The van der Waals surface area contributed by atoms with E-state index < -0.39 is 0 Å². The molecule has 4 heteroatoms. The summed E-state index contributed by atoms with van der Waals surface area (Å²) in [7, 11) is 1.71. The predicted molar refractivity (Wildman–Crippen MR) is 70.2 cm³/mol. The van der Waals surface area contributed by atoms with Crippen molar-refractivity contribution in [3.63, 3.8) is 0 Å². The summed E-state index contributed by atoms with van der Waals surface area (Å²) in [4.78, 5) is 0.403. The lowest BCUT2D eigenvalue weighted by molar-refractivity contribution is -0.0545. The van der Waals surface area contributed by atoms with Crippen LogP contribution in [0.3, 0.4) is 0 Å². The quantitative estimate of drug-likeness (QED) is 0.783. The Hall–Kier alpha value is -0.740. The Morgan fingerprint density at radius 2 is 1.88 bits per heavy atom. The van der Waals surface area contributed by atoms with Crippen LogP contribution in [0.4, 0.5) is 0 Å². The monoisotopic (exact) mass is 300 g/mol. The van der Waals surface area contributed by atoms with Gasteiger partial charge in [-0.3, -0.25) is 0 Å². The minimum Gasteiger partial charge on any atom is -0.494 e. The molecule has 0 amide bonds. The summed E-state index contributed by atoms with van der Waals surface area (Å²) in [6.45, 7) is 2.65. The zero-order chi connectivity index (χ0) is 12.3. The summed E-state index contributed by atoms with van der Waals surface area (Å²) in [5, 5.41) is 0. The van der Waals surface area contributed by atoms with Crippen LogP contribution >= 0.6 is 15.9 Å². The summed E-state index contributed by atoms with van der Waals surface area (Å²) in [5.74, 6) is 1.73. The normalized spacial score (nSPS) is 27.4. The molecule has 0 aromatic heterocycles. The number of halogens is 1. The SMILES string of the molecule is CCOc1ccc(OC2CC(Br)C2OC)cc1. The fourth-order valence-electron chi connectivity index (χ4n) is 1.90. The molecule has 1 aliphatic rings. The molecule has 94 valence electrons. The highest BCUT2D eigenvalue weighted by molar-refractivity contribution is 9.09. The van der Waals surface area contributed by atoms with Gasteiger partial charge in [-0.2, -0.15) is 0 Å². The lowest BCUT2D eigenvalue weighted by Gasteiger charge is -2.40. The minimum absolute atomic E-state index is 0.140. The third-order valence-corrected chi connectivity index (χ3v) is 3.77. The van der Waals surface area contributed by atoms with Gasteiger partial charge in [0.1, 0.15) is 23.7 Å². The molecule has 17 heavy (non-hydrogen) atoms. The summed E-state index contributed by atoms with van der Waals surface area (Å²) in [5.41, 5.74) is 0. The molecule has 0 radical (unpaired) electrons. The number of rotatable bonds is 5.